The molecule has 2 atom stereocenters. The quantitative estimate of drug-likeness (QED) is 0.434. The molecule has 25 heavy (non-hydrogen) atoms. The van der Waals surface area contributed by atoms with Crippen molar-refractivity contribution in [1.82, 2.24) is 0 Å². The van der Waals surface area contributed by atoms with Crippen LogP contribution < -0.4 is 10.5 Å². The number of methoxy groups -OCH3 is 2. The van der Waals surface area contributed by atoms with Crippen LogP contribution in [-0.2, 0) is 9.53 Å². The fourth-order valence-electron chi connectivity index (χ4n) is 2.23. The number of hydrogen-bond acceptors (Lipinski definition) is 7. The molecule has 0 radical (unpaired) electrons. The number of carbonyl (C=O) groups excluding carboxylic acids is 1. The number of carbonyl (C=O) groups is 1. The van der Waals surface area contributed by atoms with Crippen molar-refractivity contribution >= 4 is 35.2 Å². The van der Waals surface area contributed by atoms with Gasteiger partial charge in [0.1, 0.15) is 5.75 Å². The fourth-order valence-corrected chi connectivity index (χ4v) is 3.95. The Balaban J connectivity index is 2.38. The van der Waals surface area contributed by atoms with Crippen molar-refractivity contribution in [2.45, 2.75) is 21.1 Å². The highest BCUT2D eigenvalue weighted by molar-refractivity contribution is 8.00. The van der Waals surface area contributed by atoms with Crippen molar-refractivity contribution in [1.29, 1.82) is 0 Å². The zero-order valence-electron chi connectivity index (χ0n) is 14.3. The Kier molecular flexibility index (Phi) is 7.04. The van der Waals surface area contributed by atoms with Gasteiger partial charge in [0, 0.05) is 15.5 Å². The monoisotopic (exact) mass is 379 g/mol. The summed E-state index contributed by atoms with van der Waals surface area (Å²) >= 11 is 2.93. The Morgan fingerprint density at radius 1 is 1.16 bits per heavy atom. The van der Waals surface area contributed by atoms with Gasteiger partial charge < -0.3 is 20.3 Å². The molecule has 0 amide bonds. The first-order valence-electron chi connectivity index (χ1n) is 7.50. The van der Waals surface area contributed by atoms with Gasteiger partial charge in [-0.15, -0.1) is 23.5 Å². The summed E-state index contributed by atoms with van der Waals surface area (Å²) in [5.74, 6) is 0.0110. The van der Waals surface area contributed by atoms with Gasteiger partial charge in [0.2, 0.25) is 0 Å². The molecule has 0 aliphatic carbocycles. The number of anilines is 1. The SMILES string of the molecule is COC(=O)[C@H](O)[C@@H](Sc1cc(SC)ccc1N)c1ccc(OC)cc1. The minimum atomic E-state index is -1.32. The molecule has 0 saturated carbocycles. The lowest BCUT2D eigenvalue weighted by molar-refractivity contribution is -0.150. The molecule has 0 heterocycles. The van der Waals surface area contributed by atoms with Crippen LogP contribution in [0.5, 0.6) is 5.75 Å². The van der Waals surface area contributed by atoms with Gasteiger partial charge in [-0.2, -0.15) is 0 Å². The van der Waals surface area contributed by atoms with Crippen molar-refractivity contribution in [3.8, 4) is 5.75 Å². The molecule has 0 bridgehead atoms. The molecular formula is C18H21NO4S2. The molecule has 2 aromatic rings. The Labute approximate surface area is 155 Å². The highest BCUT2D eigenvalue weighted by Crippen LogP contribution is 2.42. The maximum atomic E-state index is 11.9. The van der Waals surface area contributed by atoms with Crippen LogP contribution in [0.3, 0.4) is 0 Å². The van der Waals surface area contributed by atoms with Gasteiger partial charge in [-0.3, -0.25) is 0 Å². The van der Waals surface area contributed by atoms with Crippen molar-refractivity contribution in [2.75, 3.05) is 26.2 Å². The van der Waals surface area contributed by atoms with E-state index >= 15 is 0 Å². The normalized spacial score (nSPS) is 13.1. The van der Waals surface area contributed by atoms with E-state index in [2.05, 4.69) is 0 Å². The van der Waals surface area contributed by atoms with Gasteiger partial charge in [0.25, 0.3) is 0 Å². The van der Waals surface area contributed by atoms with E-state index in [-0.39, 0.29) is 0 Å². The third-order valence-electron chi connectivity index (χ3n) is 3.65. The number of ether oxygens (including phenoxy) is 2. The number of hydrogen-bond donors (Lipinski definition) is 2. The average Bonchev–Trinajstić information content (AvgIpc) is 2.66. The molecule has 2 aromatic carbocycles. The third-order valence-corrected chi connectivity index (χ3v) is 5.77. The molecule has 0 aromatic heterocycles. The maximum absolute atomic E-state index is 11.9. The van der Waals surface area contributed by atoms with Crippen LogP contribution in [-0.4, -0.2) is 37.7 Å². The lowest BCUT2D eigenvalue weighted by atomic mass is 10.1. The highest BCUT2D eigenvalue weighted by Gasteiger charge is 2.30. The summed E-state index contributed by atoms with van der Waals surface area (Å²) in [7, 11) is 2.84. The average molecular weight is 380 g/mol. The Morgan fingerprint density at radius 3 is 2.40 bits per heavy atom. The molecule has 7 heteroatoms. The zero-order chi connectivity index (χ0) is 18.4. The van der Waals surface area contributed by atoms with Crippen molar-refractivity contribution in [2.24, 2.45) is 0 Å². The lowest BCUT2D eigenvalue weighted by Gasteiger charge is -2.22. The largest absolute Gasteiger partial charge is 0.497 e. The minimum absolute atomic E-state index is 0.558. The molecule has 5 nitrogen and oxygen atoms in total. The van der Waals surface area contributed by atoms with Crippen LogP contribution in [0.25, 0.3) is 0 Å². The Morgan fingerprint density at radius 2 is 1.84 bits per heavy atom. The molecule has 134 valence electrons. The van der Waals surface area contributed by atoms with E-state index < -0.39 is 17.3 Å². The van der Waals surface area contributed by atoms with E-state index in [1.807, 2.05) is 36.6 Å². The van der Waals surface area contributed by atoms with Crippen molar-refractivity contribution in [3.63, 3.8) is 0 Å². The summed E-state index contributed by atoms with van der Waals surface area (Å²) in [6.45, 7) is 0. The predicted molar refractivity (Wildman–Crippen MR) is 102 cm³/mol. The van der Waals surface area contributed by atoms with Crippen LogP contribution in [0.2, 0.25) is 0 Å². The van der Waals surface area contributed by atoms with Crippen LogP contribution in [0, 0.1) is 0 Å². The van der Waals surface area contributed by atoms with Gasteiger partial charge >= 0.3 is 5.97 Å². The highest BCUT2D eigenvalue weighted by atomic mass is 32.2. The summed E-state index contributed by atoms with van der Waals surface area (Å²) in [5.41, 5.74) is 7.45. The van der Waals surface area contributed by atoms with E-state index in [9.17, 15) is 9.90 Å². The molecule has 0 fully saturated rings. The lowest BCUT2D eigenvalue weighted by Crippen LogP contribution is -2.27. The third kappa shape index (κ3) is 4.84. The number of nitrogens with two attached hydrogens (primary N) is 1. The second kappa shape index (κ2) is 9.03. The van der Waals surface area contributed by atoms with Crippen LogP contribution in [0.1, 0.15) is 10.8 Å². The predicted octanol–water partition coefficient (Wildman–Crippen LogP) is 3.37. The van der Waals surface area contributed by atoms with E-state index in [1.54, 1.807) is 31.0 Å². The number of benzene rings is 2. The molecular weight excluding hydrogens is 358 g/mol. The van der Waals surface area contributed by atoms with Gasteiger partial charge in [0.15, 0.2) is 6.10 Å². The molecule has 0 aliphatic rings. The maximum Gasteiger partial charge on any atom is 0.336 e. The Hall–Kier alpha value is -1.83. The molecule has 0 spiro atoms. The second-order valence-corrected chi connectivity index (χ2v) is 7.25. The number of aliphatic hydroxyl groups excluding tert-OH is 1. The summed E-state index contributed by atoms with van der Waals surface area (Å²) < 4.78 is 9.87. The number of esters is 1. The van der Waals surface area contributed by atoms with E-state index in [1.165, 1.54) is 18.9 Å². The summed E-state index contributed by atoms with van der Waals surface area (Å²) in [4.78, 5) is 13.8. The number of thioether (sulfide) groups is 2. The van der Waals surface area contributed by atoms with Gasteiger partial charge in [-0.1, -0.05) is 12.1 Å². The number of aliphatic hydroxyl groups is 1. The number of rotatable bonds is 7. The Bertz CT molecular complexity index is 722. The van der Waals surface area contributed by atoms with Gasteiger partial charge in [-0.05, 0) is 42.2 Å². The van der Waals surface area contributed by atoms with E-state index in [0.717, 1.165) is 15.4 Å². The standard InChI is InChI=1S/C18H21NO4S2/c1-22-12-6-4-11(5-7-12)17(16(20)18(21)23-2)25-15-10-13(24-3)8-9-14(15)19/h4-10,16-17,20H,19H2,1-3H3/t16-,17+/m1/s1. The van der Waals surface area contributed by atoms with Crippen LogP contribution in [0.4, 0.5) is 5.69 Å². The zero-order valence-corrected chi connectivity index (χ0v) is 15.9. The van der Waals surface area contributed by atoms with Crippen molar-refractivity contribution in [3.05, 3.63) is 48.0 Å². The first-order chi connectivity index (χ1) is 12.0. The van der Waals surface area contributed by atoms with Crippen LogP contribution in [0.15, 0.2) is 52.3 Å². The van der Waals surface area contributed by atoms with Crippen LogP contribution >= 0.6 is 23.5 Å². The molecule has 0 saturated heterocycles. The second-order valence-electron chi connectivity index (χ2n) is 5.18. The molecule has 2 rings (SSSR count). The topological polar surface area (TPSA) is 81.8 Å². The summed E-state index contributed by atoms with van der Waals surface area (Å²) in [6, 6.07) is 12.9. The minimum Gasteiger partial charge on any atom is -0.497 e. The fraction of sp³-hybridized carbons (Fsp3) is 0.278. The number of nitrogen functional groups attached to an aromatic ring is 1. The first kappa shape index (κ1) is 19.5. The molecule has 0 aliphatic heterocycles. The first-order valence-corrected chi connectivity index (χ1v) is 9.60. The smallest absolute Gasteiger partial charge is 0.336 e. The van der Waals surface area contributed by atoms with Gasteiger partial charge in [-0.25, -0.2) is 4.79 Å². The van der Waals surface area contributed by atoms with Crippen molar-refractivity contribution < 1.29 is 19.4 Å². The van der Waals surface area contributed by atoms with E-state index in [4.69, 9.17) is 15.2 Å². The van der Waals surface area contributed by atoms with Gasteiger partial charge in [0.05, 0.1) is 19.5 Å². The summed E-state index contributed by atoms with van der Waals surface area (Å²) in [6.07, 6.45) is 0.658. The molecule has 0 unspecified atom stereocenters. The van der Waals surface area contributed by atoms with E-state index in [0.29, 0.717) is 11.4 Å². The molecule has 3 N–H and O–H groups in total. The summed E-state index contributed by atoms with van der Waals surface area (Å²) in [5, 5.41) is 9.91.